The van der Waals surface area contributed by atoms with Gasteiger partial charge in [-0.2, -0.15) is 0 Å². The summed E-state index contributed by atoms with van der Waals surface area (Å²) in [6.07, 6.45) is 2.19. The number of rotatable bonds is 2. The Morgan fingerprint density at radius 2 is 1.37 bits per heavy atom. The summed E-state index contributed by atoms with van der Waals surface area (Å²) in [5, 5.41) is 0. The Bertz CT molecular complexity index is 982. The largest absolute Gasteiger partial charge is 0.464 e. The molecular formula is C24H18O3. The third-order valence-corrected chi connectivity index (χ3v) is 5.46. The fourth-order valence-electron chi connectivity index (χ4n) is 4.14. The van der Waals surface area contributed by atoms with Gasteiger partial charge in [-0.05, 0) is 6.07 Å². The quantitative estimate of drug-likeness (QED) is 0.612. The molecule has 132 valence electrons. The van der Waals surface area contributed by atoms with Crippen LogP contribution in [0.2, 0.25) is 0 Å². The number of ether oxygens (including phenoxy) is 2. The van der Waals surface area contributed by atoms with Crippen molar-refractivity contribution < 1.29 is 14.3 Å². The van der Waals surface area contributed by atoms with Gasteiger partial charge < -0.3 is 9.47 Å². The first-order valence-electron chi connectivity index (χ1n) is 9.08. The third kappa shape index (κ3) is 2.47. The number of carbonyl (C=O) groups is 1. The minimum Gasteiger partial charge on any atom is -0.464 e. The predicted octanol–water partition coefficient (Wildman–Crippen LogP) is 4.94. The number of para-hydroxylation sites is 1. The molecule has 0 saturated carbocycles. The van der Waals surface area contributed by atoms with E-state index in [0.717, 1.165) is 22.4 Å². The van der Waals surface area contributed by atoms with E-state index in [0.29, 0.717) is 12.0 Å². The van der Waals surface area contributed by atoms with E-state index >= 15 is 0 Å². The molecule has 2 heterocycles. The van der Waals surface area contributed by atoms with Crippen molar-refractivity contribution in [1.82, 2.24) is 0 Å². The van der Waals surface area contributed by atoms with Gasteiger partial charge in [-0.1, -0.05) is 78.9 Å². The molecule has 27 heavy (non-hydrogen) atoms. The van der Waals surface area contributed by atoms with Crippen LogP contribution in [0.15, 0.2) is 96.8 Å². The first-order chi connectivity index (χ1) is 13.3. The normalized spacial score (nSPS) is 19.8. The Morgan fingerprint density at radius 3 is 2.04 bits per heavy atom. The summed E-state index contributed by atoms with van der Waals surface area (Å²) in [7, 11) is 0. The molecule has 0 aromatic heterocycles. The summed E-state index contributed by atoms with van der Waals surface area (Å²) in [5.41, 5.74) is 2.74. The number of esters is 1. The Labute approximate surface area is 157 Å². The summed E-state index contributed by atoms with van der Waals surface area (Å²) in [5.74, 6) is 0.404. The summed E-state index contributed by atoms with van der Waals surface area (Å²) >= 11 is 0. The van der Waals surface area contributed by atoms with Crippen molar-refractivity contribution in [1.29, 1.82) is 0 Å². The lowest BCUT2D eigenvalue weighted by Gasteiger charge is -2.43. The lowest BCUT2D eigenvalue weighted by molar-refractivity contribution is -0.158. The SMILES string of the molecule is O=C1OC(c2ccccc2)(c2ccccc2)CC2C1=COc1ccccc12. The molecule has 3 aromatic rings. The number of carbonyl (C=O) groups excluding carboxylic acids is 1. The van der Waals surface area contributed by atoms with Crippen molar-refractivity contribution in [2.45, 2.75) is 17.9 Å². The van der Waals surface area contributed by atoms with Crippen molar-refractivity contribution in [2.75, 3.05) is 0 Å². The van der Waals surface area contributed by atoms with Gasteiger partial charge in [0.05, 0.1) is 5.57 Å². The molecule has 3 aromatic carbocycles. The smallest absolute Gasteiger partial charge is 0.339 e. The van der Waals surface area contributed by atoms with Crippen molar-refractivity contribution in [3.63, 3.8) is 0 Å². The lowest BCUT2D eigenvalue weighted by Crippen LogP contribution is -2.42. The zero-order valence-electron chi connectivity index (χ0n) is 14.7. The van der Waals surface area contributed by atoms with Crippen LogP contribution in [0, 0.1) is 0 Å². The topological polar surface area (TPSA) is 35.5 Å². The van der Waals surface area contributed by atoms with E-state index in [2.05, 4.69) is 0 Å². The molecule has 1 atom stereocenters. The molecule has 1 saturated heterocycles. The Kier molecular flexibility index (Phi) is 3.61. The van der Waals surface area contributed by atoms with Gasteiger partial charge in [-0.15, -0.1) is 0 Å². The molecule has 0 radical (unpaired) electrons. The van der Waals surface area contributed by atoms with Gasteiger partial charge in [0.2, 0.25) is 0 Å². The van der Waals surface area contributed by atoms with E-state index < -0.39 is 5.60 Å². The molecule has 2 aliphatic heterocycles. The fourth-order valence-corrected chi connectivity index (χ4v) is 4.14. The van der Waals surface area contributed by atoms with Crippen molar-refractivity contribution >= 4 is 5.97 Å². The number of hydrogen-bond donors (Lipinski definition) is 0. The first kappa shape index (κ1) is 15.9. The Balaban J connectivity index is 1.71. The van der Waals surface area contributed by atoms with Gasteiger partial charge in [-0.3, -0.25) is 0 Å². The molecule has 0 N–H and O–H groups in total. The summed E-state index contributed by atoms with van der Waals surface area (Å²) in [6, 6.07) is 27.9. The van der Waals surface area contributed by atoms with Gasteiger partial charge in [0.15, 0.2) is 5.60 Å². The van der Waals surface area contributed by atoms with Gasteiger partial charge in [0, 0.05) is 29.0 Å². The van der Waals surface area contributed by atoms with Crippen LogP contribution < -0.4 is 4.74 Å². The summed E-state index contributed by atoms with van der Waals surface area (Å²) in [4.78, 5) is 13.0. The average molecular weight is 354 g/mol. The van der Waals surface area contributed by atoms with Gasteiger partial charge in [0.1, 0.15) is 12.0 Å². The van der Waals surface area contributed by atoms with Gasteiger partial charge in [0.25, 0.3) is 0 Å². The highest BCUT2D eigenvalue weighted by molar-refractivity contribution is 5.92. The van der Waals surface area contributed by atoms with Crippen LogP contribution in [-0.4, -0.2) is 5.97 Å². The number of fused-ring (bicyclic) bond motifs is 3. The number of benzene rings is 3. The first-order valence-corrected chi connectivity index (χ1v) is 9.08. The van der Waals surface area contributed by atoms with Crippen LogP contribution in [0.4, 0.5) is 0 Å². The van der Waals surface area contributed by atoms with Crippen LogP contribution in [0.3, 0.4) is 0 Å². The molecule has 2 aliphatic rings. The van der Waals surface area contributed by atoms with Crippen molar-refractivity contribution in [3.8, 4) is 5.75 Å². The standard InChI is InChI=1S/C24H18O3/c25-23-21-16-26-22-14-8-7-13-19(22)20(21)15-24(27-23,17-9-3-1-4-10-17)18-11-5-2-6-12-18/h1-14,16,20H,15H2. The second-order valence-electron chi connectivity index (χ2n) is 6.93. The highest BCUT2D eigenvalue weighted by Crippen LogP contribution is 2.51. The molecule has 0 bridgehead atoms. The maximum absolute atomic E-state index is 13.0. The molecule has 0 spiro atoms. The van der Waals surface area contributed by atoms with E-state index in [1.165, 1.54) is 0 Å². The van der Waals surface area contributed by atoms with E-state index in [4.69, 9.17) is 9.47 Å². The van der Waals surface area contributed by atoms with E-state index in [-0.39, 0.29) is 11.9 Å². The van der Waals surface area contributed by atoms with Crippen LogP contribution in [0.25, 0.3) is 0 Å². The number of hydrogen-bond acceptors (Lipinski definition) is 3. The molecular weight excluding hydrogens is 336 g/mol. The van der Waals surface area contributed by atoms with Crippen molar-refractivity contribution in [2.24, 2.45) is 0 Å². The maximum Gasteiger partial charge on any atom is 0.339 e. The number of cyclic esters (lactones) is 1. The molecule has 0 amide bonds. The second-order valence-corrected chi connectivity index (χ2v) is 6.93. The zero-order valence-corrected chi connectivity index (χ0v) is 14.7. The second kappa shape index (κ2) is 6.13. The molecule has 3 heteroatoms. The van der Waals surface area contributed by atoms with Gasteiger partial charge in [-0.25, -0.2) is 4.79 Å². The molecule has 1 fully saturated rings. The van der Waals surface area contributed by atoms with Crippen LogP contribution >= 0.6 is 0 Å². The van der Waals surface area contributed by atoms with E-state index in [1.54, 1.807) is 6.26 Å². The third-order valence-electron chi connectivity index (χ3n) is 5.46. The predicted molar refractivity (Wildman–Crippen MR) is 102 cm³/mol. The van der Waals surface area contributed by atoms with Crippen LogP contribution in [0.5, 0.6) is 5.75 Å². The van der Waals surface area contributed by atoms with Crippen LogP contribution in [-0.2, 0) is 15.1 Å². The Hall–Kier alpha value is -3.33. The fraction of sp³-hybridized carbons (Fsp3) is 0.125. The highest BCUT2D eigenvalue weighted by Gasteiger charge is 2.49. The lowest BCUT2D eigenvalue weighted by atomic mass is 9.72. The summed E-state index contributed by atoms with van der Waals surface area (Å²) in [6.45, 7) is 0. The molecule has 5 rings (SSSR count). The van der Waals surface area contributed by atoms with Crippen LogP contribution in [0.1, 0.15) is 29.0 Å². The van der Waals surface area contributed by atoms with Crippen molar-refractivity contribution in [3.05, 3.63) is 113 Å². The van der Waals surface area contributed by atoms with E-state index in [9.17, 15) is 4.79 Å². The minimum atomic E-state index is -0.827. The maximum atomic E-state index is 13.0. The zero-order chi connectivity index (χ0) is 18.3. The Morgan fingerprint density at radius 1 is 0.778 bits per heavy atom. The monoisotopic (exact) mass is 354 g/mol. The highest BCUT2D eigenvalue weighted by atomic mass is 16.6. The van der Waals surface area contributed by atoms with E-state index in [1.807, 2.05) is 84.9 Å². The minimum absolute atomic E-state index is 0.0726. The molecule has 0 aliphatic carbocycles. The molecule has 1 unspecified atom stereocenters. The molecule has 3 nitrogen and oxygen atoms in total. The van der Waals surface area contributed by atoms with Gasteiger partial charge >= 0.3 is 5.97 Å². The average Bonchev–Trinajstić information content (AvgIpc) is 2.74. The summed E-state index contributed by atoms with van der Waals surface area (Å²) < 4.78 is 11.8.